The fourth-order valence-corrected chi connectivity index (χ4v) is 4.19. The van der Waals surface area contributed by atoms with E-state index in [9.17, 15) is 4.39 Å². The molecule has 0 radical (unpaired) electrons. The van der Waals surface area contributed by atoms with Crippen LogP contribution >= 0.6 is 0 Å². The number of anilines is 1. The SMILES string of the molecule is CCCCOCCC.Cc1cc(-c2cnn3cc(N4CC(C)C4)cnc23)c2cccc(F)c2n1. The van der Waals surface area contributed by atoms with Gasteiger partial charge in [0.05, 0.1) is 24.3 Å². The molecular formula is C27H34FN5O. The van der Waals surface area contributed by atoms with Gasteiger partial charge in [-0.05, 0) is 43.4 Å². The number of nitrogens with zero attached hydrogens (tertiary/aromatic N) is 5. The van der Waals surface area contributed by atoms with Crippen molar-refractivity contribution in [2.24, 2.45) is 5.92 Å². The highest BCUT2D eigenvalue weighted by atomic mass is 19.1. The molecule has 3 aromatic heterocycles. The summed E-state index contributed by atoms with van der Waals surface area (Å²) < 4.78 is 21.2. The van der Waals surface area contributed by atoms with E-state index in [1.54, 1.807) is 16.8 Å². The lowest BCUT2D eigenvalue weighted by molar-refractivity contribution is 0.132. The van der Waals surface area contributed by atoms with Gasteiger partial charge in [0.25, 0.3) is 0 Å². The Bertz CT molecular complexity index is 1240. The Morgan fingerprint density at radius 1 is 1.09 bits per heavy atom. The standard InChI is InChI=1S/C20H18FN5.C7H16O/c1-12-9-25(10-12)14-7-22-20-17(8-23-26(20)11-14)16-6-13(2)24-19-15(16)4-3-5-18(19)21;1-3-5-7-8-6-4-2/h3-8,11-12H,9-10H2,1-2H3;3-7H2,1-2H3. The molecule has 0 unspecified atom stereocenters. The zero-order valence-corrected chi connectivity index (χ0v) is 20.6. The number of ether oxygens (including phenoxy) is 1. The lowest BCUT2D eigenvalue weighted by Crippen LogP contribution is -2.45. The van der Waals surface area contributed by atoms with Crippen LogP contribution in [0.4, 0.5) is 10.1 Å². The Balaban J connectivity index is 0.000000297. The maximum absolute atomic E-state index is 14.2. The average Bonchev–Trinajstić information content (AvgIpc) is 3.23. The minimum Gasteiger partial charge on any atom is -0.381 e. The van der Waals surface area contributed by atoms with Crippen LogP contribution in [0.1, 0.15) is 45.7 Å². The second-order valence-corrected chi connectivity index (χ2v) is 9.06. The fraction of sp³-hybridized carbons (Fsp3) is 0.444. The highest BCUT2D eigenvalue weighted by Crippen LogP contribution is 2.33. The molecule has 7 heteroatoms. The van der Waals surface area contributed by atoms with E-state index >= 15 is 0 Å². The van der Waals surface area contributed by atoms with E-state index < -0.39 is 0 Å². The molecule has 0 saturated carbocycles. The third kappa shape index (κ3) is 5.20. The van der Waals surface area contributed by atoms with Crippen molar-refractivity contribution in [3.63, 3.8) is 0 Å². The van der Waals surface area contributed by atoms with Crippen LogP contribution in [0, 0.1) is 18.7 Å². The number of unbranched alkanes of at least 4 members (excludes halogenated alkanes) is 1. The number of pyridine rings is 1. The summed E-state index contributed by atoms with van der Waals surface area (Å²) in [5, 5.41) is 5.26. The highest BCUT2D eigenvalue weighted by molar-refractivity contribution is 5.98. The monoisotopic (exact) mass is 463 g/mol. The number of rotatable bonds is 7. The van der Waals surface area contributed by atoms with Gasteiger partial charge >= 0.3 is 0 Å². The van der Waals surface area contributed by atoms with E-state index in [4.69, 9.17) is 4.74 Å². The minimum absolute atomic E-state index is 0.314. The lowest BCUT2D eigenvalue weighted by atomic mass is 10.0. The molecule has 1 saturated heterocycles. The molecule has 6 nitrogen and oxygen atoms in total. The van der Waals surface area contributed by atoms with Crippen molar-refractivity contribution in [2.75, 3.05) is 31.2 Å². The Hall–Kier alpha value is -3.06. The van der Waals surface area contributed by atoms with Crippen LogP contribution in [0.3, 0.4) is 0 Å². The molecule has 180 valence electrons. The van der Waals surface area contributed by atoms with Crippen LogP contribution in [-0.2, 0) is 4.74 Å². The summed E-state index contributed by atoms with van der Waals surface area (Å²) in [4.78, 5) is 11.3. The topological polar surface area (TPSA) is 55.6 Å². The number of hydrogen-bond donors (Lipinski definition) is 0. The van der Waals surface area contributed by atoms with Crippen molar-refractivity contribution < 1.29 is 9.13 Å². The average molecular weight is 464 g/mol. The van der Waals surface area contributed by atoms with Crippen molar-refractivity contribution in [1.29, 1.82) is 0 Å². The first-order chi connectivity index (χ1) is 16.5. The Morgan fingerprint density at radius 3 is 2.65 bits per heavy atom. The predicted molar refractivity (Wildman–Crippen MR) is 136 cm³/mol. The van der Waals surface area contributed by atoms with Gasteiger partial charge in [0.2, 0.25) is 0 Å². The molecule has 5 rings (SSSR count). The number of aromatic nitrogens is 4. The summed E-state index contributed by atoms with van der Waals surface area (Å²) in [6.07, 6.45) is 9.29. The largest absolute Gasteiger partial charge is 0.381 e. The molecule has 1 aliphatic rings. The summed E-state index contributed by atoms with van der Waals surface area (Å²) in [5.41, 5.74) is 4.77. The zero-order valence-electron chi connectivity index (χ0n) is 20.6. The van der Waals surface area contributed by atoms with E-state index in [0.717, 1.165) is 72.2 Å². The summed E-state index contributed by atoms with van der Waals surface area (Å²) in [6.45, 7) is 12.4. The van der Waals surface area contributed by atoms with Crippen LogP contribution in [0.25, 0.3) is 27.7 Å². The number of fused-ring (bicyclic) bond motifs is 2. The second-order valence-electron chi connectivity index (χ2n) is 9.06. The lowest BCUT2D eigenvalue weighted by Gasteiger charge is -2.38. The number of para-hydroxylation sites is 1. The van der Waals surface area contributed by atoms with Gasteiger partial charge in [-0.1, -0.05) is 39.3 Å². The number of aryl methyl sites for hydroxylation is 1. The predicted octanol–water partition coefficient (Wildman–Crippen LogP) is 6.06. The number of hydrogen-bond acceptors (Lipinski definition) is 5. The van der Waals surface area contributed by atoms with Gasteiger partial charge in [-0.3, -0.25) is 4.98 Å². The molecule has 0 spiro atoms. The van der Waals surface area contributed by atoms with E-state index in [0.29, 0.717) is 5.52 Å². The maximum atomic E-state index is 14.2. The van der Waals surface area contributed by atoms with Crippen LogP contribution in [0.5, 0.6) is 0 Å². The number of halogens is 1. The van der Waals surface area contributed by atoms with Gasteiger partial charge in [0, 0.05) is 42.9 Å². The Morgan fingerprint density at radius 2 is 1.91 bits per heavy atom. The van der Waals surface area contributed by atoms with Crippen LogP contribution < -0.4 is 4.90 Å². The third-order valence-electron chi connectivity index (χ3n) is 5.97. The van der Waals surface area contributed by atoms with Crippen LogP contribution in [-0.4, -0.2) is 45.9 Å². The Labute approximate surface area is 200 Å². The van der Waals surface area contributed by atoms with Crippen LogP contribution in [0.2, 0.25) is 0 Å². The molecule has 1 aromatic carbocycles. The first-order valence-electron chi connectivity index (χ1n) is 12.2. The van der Waals surface area contributed by atoms with Crippen molar-refractivity contribution in [3.8, 4) is 11.1 Å². The minimum atomic E-state index is -0.314. The molecule has 0 aliphatic carbocycles. The summed E-state index contributed by atoms with van der Waals surface area (Å²) in [6, 6.07) is 7.00. The van der Waals surface area contributed by atoms with Gasteiger partial charge < -0.3 is 9.64 Å². The zero-order chi connectivity index (χ0) is 24.1. The quantitative estimate of drug-likeness (QED) is 0.312. The van der Waals surface area contributed by atoms with Gasteiger partial charge in [-0.25, -0.2) is 13.9 Å². The van der Waals surface area contributed by atoms with E-state index in [1.807, 2.05) is 31.5 Å². The van der Waals surface area contributed by atoms with Crippen LogP contribution in [0.15, 0.2) is 42.9 Å². The first-order valence-corrected chi connectivity index (χ1v) is 12.2. The molecule has 4 aromatic rings. The van der Waals surface area contributed by atoms with Crippen molar-refractivity contribution in [3.05, 3.63) is 54.4 Å². The van der Waals surface area contributed by atoms with Gasteiger partial charge in [0.15, 0.2) is 5.65 Å². The normalized spacial score (nSPS) is 13.7. The fourth-order valence-electron chi connectivity index (χ4n) is 4.19. The Kier molecular flexibility index (Phi) is 7.73. The first kappa shape index (κ1) is 24.1. The molecule has 4 heterocycles. The van der Waals surface area contributed by atoms with E-state index in [2.05, 4.69) is 40.7 Å². The number of benzene rings is 1. The molecule has 0 atom stereocenters. The highest BCUT2D eigenvalue weighted by Gasteiger charge is 2.24. The molecule has 0 N–H and O–H groups in total. The van der Waals surface area contributed by atoms with Crippen molar-refractivity contribution in [2.45, 2.75) is 47.0 Å². The molecule has 1 aliphatic heterocycles. The molecular weight excluding hydrogens is 429 g/mol. The van der Waals surface area contributed by atoms with Crippen molar-refractivity contribution >= 4 is 22.2 Å². The maximum Gasteiger partial charge on any atom is 0.162 e. The molecule has 0 amide bonds. The van der Waals surface area contributed by atoms with Gasteiger partial charge in [-0.2, -0.15) is 5.10 Å². The molecule has 1 fully saturated rings. The third-order valence-corrected chi connectivity index (χ3v) is 5.97. The van der Waals surface area contributed by atoms with Gasteiger partial charge in [-0.15, -0.1) is 0 Å². The van der Waals surface area contributed by atoms with E-state index in [1.165, 1.54) is 18.9 Å². The summed E-state index contributed by atoms with van der Waals surface area (Å²) in [5.74, 6) is 0.408. The smallest absolute Gasteiger partial charge is 0.162 e. The van der Waals surface area contributed by atoms with E-state index in [-0.39, 0.29) is 5.82 Å². The van der Waals surface area contributed by atoms with Gasteiger partial charge in [0.1, 0.15) is 11.3 Å². The molecule has 34 heavy (non-hydrogen) atoms. The van der Waals surface area contributed by atoms with Crippen molar-refractivity contribution in [1.82, 2.24) is 19.6 Å². The molecule has 0 bridgehead atoms. The second kappa shape index (κ2) is 10.9. The summed E-state index contributed by atoms with van der Waals surface area (Å²) >= 11 is 0. The summed E-state index contributed by atoms with van der Waals surface area (Å²) in [7, 11) is 0.